The van der Waals surface area contributed by atoms with E-state index in [-0.39, 0.29) is 0 Å². The Kier molecular flexibility index (Phi) is 2.50. The molecule has 3 heteroatoms. The lowest BCUT2D eigenvalue weighted by atomic mass is 10.1. The molecular weight excluding hydrogens is 311 g/mol. The zero-order valence-electron chi connectivity index (χ0n) is 9.18. The maximum Gasteiger partial charge on any atom is 0.0859 e. The monoisotopic (exact) mass is 324 g/mol. The van der Waals surface area contributed by atoms with Gasteiger partial charge in [0.2, 0.25) is 0 Å². The number of aryl methyl sites for hydroxylation is 1. The van der Waals surface area contributed by atoms with Crippen LogP contribution in [0.2, 0.25) is 0 Å². The van der Waals surface area contributed by atoms with Crippen LogP contribution in [-0.2, 0) is 12.8 Å². The molecule has 0 saturated carbocycles. The van der Waals surface area contributed by atoms with Crippen LogP contribution >= 0.6 is 22.6 Å². The molecule has 1 aliphatic rings. The lowest BCUT2D eigenvalue weighted by Crippen LogP contribution is -2.00. The molecule has 16 heavy (non-hydrogen) atoms. The van der Waals surface area contributed by atoms with E-state index in [0.29, 0.717) is 0 Å². The fourth-order valence-electron chi connectivity index (χ4n) is 2.53. The standard InChI is InChI=1S/C13H13IN2/c1-15-12-8-4-3-7-11(8)16-13-9(12)5-2-6-10(13)14/h2,5-6H,3-4,7H2,1H3,(H,15,16). The topological polar surface area (TPSA) is 24.9 Å². The third-order valence-corrected chi connectivity index (χ3v) is 4.11. The molecule has 82 valence electrons. The first-order chi connectivity index (χ1) is 7.81. The number of hydrogen-bond donors (Lipinski definition) is 1. The van der Waals surface area contributed by atoms with E-state index in [4.69, 9.17) is 4.98 Å². The Bertz CT molecular complexity index is 563. The van der Waals surface area contributed by atoms with Gasteiger partial charge in [-0.1, -0.05) is 12.1 Å². The number of pyridine rings is 1. The van der Waals surface area contributed by atoms with Gasteiger partial charge >= 0.3 is 0 Å². The molecule has 3 rings (SSSR count). The quantitative estimate of drug-likeness (QED) is 0.814. The number of nitrogens with zero attached hydrogens (tertiary/aromatic N) is 1. The van der Waals surface area contributed by atoms with Crippen molar-refractivity contribution in [2.24, 2.45) is 0 Å². The van der Waals surface area contributed by atoms with Gasteiger partial charge in [0.05, 0.1) is 5.52 Å². The number of benzene rings is 1. The molecule has 0 spiro atoms. The van der Waals surface area contributed by atoms with E-state index in [1.807, 2.05) is 7.05 Å². The van der Waals surface area contributed by atoms with E-state index < -0.39 is 0 Å². The fraction of sp³-hybridized carbons (Fsp3) is 0.308. The molecule has 0 fully saturated rings. The van der Waals surface area contributed by atoms with E-state index in [1.165, 1.54) is 38.7 Å². The highest BCUT2D eigenvalue weighted by atomic mass is 127. The number of anilines is 1. The molecule has 0 aliphatic heterocycles. The summed E-state index contributed by atoms with van der Waals surface area (Å²) >= 11 is 2.37. The van der Waals surface area contributed by atoms with Crippen molar-refractivity contribution in [3.63, 3.8) is 0 Å². The third-order valence-electron chi connectivity index (χ3n) is 3.24. The number of para-hydroxylation sites is 1. The smallest absolute Gasteiger partial charge is 0.0859 e. The van der Waals surface area contributed by atoms with Gasteiger partial charge in [-0.15, -0.1) is 0 Å². The minimum atomic E-state index is 1.13. The first kappa shape index (κ1) is 10.3. The van der Waals surface area contributed by atoms with Gasteiger partial charge in [0.25, 0.3) is 0 Å². The minimum Gasteiger partial charge on any atom is -0.387 e. The molecule has 0 amide bonds. The summed E-state index contributed by atoms with van der Waals surface area (Å²) in [6.07, 6.45) is 3.54. The molecule has 1 N–H and O–H groups in total. The number of rotatable bonds is 1. The van der Waals surface area contributed by atoms with Crippen LogP contribution in [-0.4, -0.2) is 12.0 Å². The lowest BCUT2D eigenvalue weighted by Gasteiger charge is -2.12. The Balaban J connectivity index is 2.44. The Morgan fingerprint density at radius 1 is 1.31 bits per heavy atom. The van der Waals surface area contributed by atoms with Gasteiger partial charge in [-0.3, -0.25) is 4.98 Å². The van der Waals surface area contributed by atoms with Gasteiger partial charge in [-0.2, -0.15) is 0 Å². The van der Waals surface area contributed by atoms with Gasteiger partial charge in [-0.25, -0.2) is 0 Å². The lowest BCUT2D eigenvalue weighted by molar-refractivity contribution is 0.901. The zero-order chi connectivity index (χ0) is 11.1. The summed E-state index contributed by atoms with van der Waals surface area (Å²) in [5.41, 5.74) is 5.15. The summed E-state index contributed by atoms with van der Waals surface area (Å²) in [4.78, 5) is 4.82. The second kappa shape index (κ2) is 3.87. The SMILES string of the molecule is CNc1c2c(nc3c(I)cccc13)CCC2. The summed E-state index contributed by atoms with van der Waals surface area (Å²) in [5, 5.41) is 4.61. The second-order valence-electron chi connectivity index (χ2n) is 4.15. The van der Waals surface area contributed by atoms with Crippen LogP contribution in [0.3, 0.4) is 0 Å². The van der Waals surface area contributed by atoms with Gasteiger partial charge in [0.15, 0.2) is 0 Å². The highest BCUT2D eigenvalue weighted by molar-refractivity contribution is 14.1. The summed E-state index contributed by atoms with van der Waals surface area (Å²) in [5.74, 6) is 0. The molecule has 0 unspecified atom stereocenters. The Hall–Kier alpha value is -0.840. The van der Waals surface area contributed by atoms with Gasteiger partial charge in [0, 0.05) is 27.4 Å². The third kappa shape index (κ3) is 1.41. The van der Waals surface area contributed by atoms with E-state index in [2.05, 4.69) is 46.1 Å². The largest absolute Gasteiger partial charge is 0.387 e. The minimum absolute atomic E-state index is 1.13. The Morgan fingerprint density at radius 3 is 3.00 bits per heavy atom. The number of nitrogens with one attached hydrogen (secondary N) is 1. The number of halogens is 1. The van der Waals surface area contributed by atoms with Crippen molar-refractivity contribution >= 4 is 39.2 Å². The molecule has 1 aliphatic carbocycles. The van der Waals surface area contributed by atoms with Crippen LogP contribution in [0.1, 0.15) is 17.7 Å². The molecule has 0 atom stereocenters. The van der Waals surface area contributed by atoms with Crippen molar-refractivity contribution in [2.75, 3.05) is 12.4 Å². The first-order valence-electron chi connectivity index (χ1n) is 5.59. The number of aromatic nitrogens is 1. The summed E-state index contributed by atoms with van der Waals surface area (Å²) < 4.78 is 1.24. The van der Waals surface area contributed by atoms with Gasteiger partial charge in [0.1, 0.15) is 0 Å². The maximum atomic E-state index is 4.82. The van der Waals surface area contributed by atoms with Crippen LogP contribution in [0.5, 0.6) is 0 Å². The number of fused-ring (bicyclic) bond motifs is 2. The fourth-order valence-corrected chi connectivity index (χ4v) is 3.15. The van der Waals surface area contributed by atoms with Crippen molar-refractivity contribution in [3.05, 3.63) is 33.0 Å². The maximum absolute atomic E-state index is 4.82. The summed E-state index contributed by atoms with van der Waals surface area (Å²) in [6.45, 7) is 0. The molecule has 0 bridgehead atoms. The molecule has 1 aromatic heterocycles. The van der Waals surface area contributed by atoms with Crippen molar-refractivity contribution in [1.29, 1.82) is 0 Å². The first-order valence-corrected chi connectivity index (χ1v) is 6.67. The number of hydrogen-bond acceptors (Lipinski definition) is 2. The highest BCUT2D eigenvalue weighted by Crippen LogP contribution is 2.34. The summed E-state index contributed by atoms with van der Waals surface area (Å²) in [6, 6.07) is 6.39. The van der Waals surface area contributed by atoms with Gasteiger partial charge < -0.3 is 5.32 Å². The molecule has 1 aromatic carbocycles. The normalized spacial score (nSPS) is 14.1. The van der Waals surface area contributed by atoms with E-state index >= 15 is 0 Å². The van der Waals surface area contributed by atoms with E-state index in [0.717, 1.165) is 11.9 Å². The molecular formula is C13H13IN2. The average Bonchev–Trinajstić information content (AvgIpc) is 2.75. The molecule has 2 nitrogen and oxygen atoms in total. The van der Waals surface area contributed by atoms with Gasteiger partial charge in [-0.05, 0) is 53.5 Å². The van der Waals surface area contributed by atoms with Crippen LogP contribution in [0.4, 0.5) is 5.69 Å². The predicted molar refractivity (Wildman–Crippen MR) is 76.0 cm³/mol. The van der Waals surface area contributed by atoms with Crippen LogP contribution in [0.25, 0.3) is 10.9 Å². The molecule has 2 aromatic rings. The Labute approximate surface area is 109 Å². The second-order valence-corrected chi connectivity index (χ2v) is 5.31. The van der Waals surface area contributed by atoms with E-state index in [9.17, 15) is 0 Å². The highest BCUT2D eigenvalue weighted by Gasteiger charge is 2.19. The Morgan fingerprint density at radius 2 is 2.19 bits per heavy atom. The van der Waals surface area contributed by atoms with Crippen LogP contribution < -0.4 is 5.32 Å². The van der Waals surface area contributed by atoms with Crippen molar-refractivity contribution in [3.8, 4) is 0 Å². The van der Waals surface area contributed by atoms with Crippen molar-refractivity contribution in [1.82, 2.24) is 4.98 Å². The molecule has 0 saturated heterocycles. The molecule has 0 radical (unpaired) electrons. The zero-order valence-corrected chi connectivity index (χ0v) is 11.3. The van der Waals surface area contributed by atoms with Crippen molar-refractivity contribution < 1.29 is 0 Å². The molecule has 1 heterocycles. The predicted octanol–water partition coefficient (Wildman–Crippen LogP) is 3.37. The van der Waals surface area contributed by atoms with Crippen LogP contribution in [0.15, 0.2) is 18.2 Å². The average molecular weight is 324 g/mol. The summed E-state index contributed by atoms with van der Waals surface area (Å²) in [7, 11) is 2.01. The van der Waals surface area contributed by atoms with E-state index in [1.54, 1.807) is 0 Å². The van der Waals surface area contributed by atoms with Crippen molar-refractivity contribution in [2.45, 2.75) is 19.3 Å². The van der Waals surface area contributed by atoms with Crippen LogP contribution in [0, 0.1) is 3.57 Å².